The highest BCUT2D eigenvalue weighted by molar-refractivity contribution is 14.0. The second-order valence-electron chi connectivity index (χ2n) is 5.47. The number of hydrogen-bond acceptors (Lipinski definition) is 2. The zero-order valence-electron chi connectivity index (χ0n) is 14.1. The highest BCUT2D eigenvalue weighted by atomic mass is 127. The molecule has 0 saturated heterocycles. The molecule has 2 aromatic carbocycles. The van der Waals surface area contributed by atoms with Crippen molar-refractivity contribution in [1.82, 2.24) is 9.80 Å². The minimum atomic E-state index is 0. The van der Waals surface area contributed by atoms with Gasteiger partial charge >= 0.3 is 0 Å². The molecule has 0 aromatic heterocycles. The van der Waals surface area contributed by atoms with E-state index >= 15 is 0 Å². The normalized spacial score (nSPS) is 9.57. The fourth-order valence-corrected chi connectivity index (χ4v) is 2.18. The van der Waals surface area contributed by atoms with Crippen LogP contribution in [0, 0.1) is 0 Å². The van der Waals surface area contributed by atoms with Crippen LogP contribution >= 0.6 is 24.0 Å². The van der Waals surface area contributed by atoms with Crippen LogP contribution in [-0.4, -0.2) is 44.0 Å². The van der Waals surface area contributed by atoms with E-state index in [9.17, 15) is 0 Å². The molecular weight excluding hydrogens is 401 g/mol. The number of ether oxygens (including phenoxy) is 1. The number of hydrogen-bond donors (Lipinski definition) is 0. The highest BCUT2D eigenvalue weighted by Crippen LogP contribution is 2.22. The van der Waals surface area contributed by atoms with Crippen molar-refractivity contribution in [2.75, 3.05) is 28.2 Å². The van der Waals surface area contributed by atoms with Crippen LogP contribution in [0.1, 0.15) is 5.56 Å². The molecule has 0 saturated carbocycles. The first-order chi connectivity index (χ1) is 10.6. The minimum Gasteiger partial charge on any atom is -0.457 e. The Morgan fingerprint density at radius 2 is 1.48 bits per heavy atom. The van der Waals surface area contributed by atoms with E-state index in [2.05, 4.69) is 11.1 Å². The Morgan fingerprint density at radius 1 is 0.870 bits per heavy atom. The quantitative estimate of drug-likeness (QED) is 0.420. The maximum Gasteiger partial charge on any atom is 0.195 e. The third-order valence-corrected chi connectivity index (χ3v) is 3.08. The van der Waals surface area contributed by atoms with Crippen molar-refractivity contribution in [3.05, 3.63) is 60.2 Å². The molecule has 0 unspecified atom stereocenters. The van der Waals surface area contributed by atoms with Crippen molar-refractivity contribution in [1.29, 1.82) is 0 Å². The van der Waals surface area contributed by atoms with Gasteiger partial charge in [0.05, 0.1) is 6.54 Å². The lowest BCUT2D eigenvalue weighted by Crippen LogP contribution is -2.35. The zero-order chi connectivity index (χ0) is 15.9. The van der Waals surface area contributed by atoms with Crippen LogP contribution in [-0.2, 0) is 6.54 Å². The predicted octanol–water partition coefficient (Wildman–Crippen LogP) is 4.08. The summed E-state index contributed by atoms with van der Waals surface area (Å²) in [4.78, 5) is 8.66. The fraction of sp³-hybridized carbons (Fsp3) is 0.278. The standard InChI is InChI=1S/C18H23N3O.HI/c1-20(2)18(21(3)4)19-14-15-9-8-12-17(13-15)22-16-10-6-5-7-11-16;/h5-13H,14H2,1-4H3;1H. The Bertz CT molecular complexity index is 617. The zero-order valence-corrected chi connectivity index (χ0v) is 16.4. The average Bonchev–Trinajstić information content (AvgIpc) is 2.48. The Morgan fingerprint density at radius 3 is 2.09 bits per heavy atom. The van der Waals surface area contributed by atoms with Gasteiger partial charge in [0, 0.05) is 28.2 Å². The predicted molar refractivity (Wildman–Crippen MR) is 107 cm³/mol. The summed E-state index contributed by atoms with van der Waals surface area (Å²) in [5, 5.41) is 0. The van der Waals surface area contributed by atoms with Crippen LogP contribution < -0.4 is 4.74 Å². The van der Waals surface area contributed by atoms with Crippen molar-refractivity contribution >= 4 is 29.9 Å². The SMILES string of the molecule is CN(C)C(=NCc1cccc(Oc2ccccc2)c1)N(C)C.I. The van der Waals surface area contributed by atoms with Crippen LogP contribution in [0.15, 0.2) is 59.6 Å². The molecule has 0 aliphatic rings. The number of halogens is 1. The van der Waals surface area contributed by atoms with Crippen molar-refractivity contribution in [3.63, 3.8) is 0 Å². The van der Waals surface area contributed by atoms with Gasteiger partial charge in [-0.3, -0.25) is 0 Å². The summed E-state index contributed by atoms with van der Waals surface area (Å²) in [6.07, 6.45) is 0. The molecule has 2 rings (SSSR count). The fourth-order valence-electron chi connectivity index (χ4n) is 2.18. The van der Waals surface area contributed by atoms with Gasteiger partial charge in [0.25, 0.3) is 0 Å². The second kappa shape index (κ2) is 9.39. The van der Waals surface area contributed by atoms with E-state index in [0.29, 0.717) is 6.54 Å². The molecule has 0 bridgehead atoms. The largest absolute Gasteiger partial charge is 0.457 e. The number of para-hydroxylation sites is 1. The van der Waals surface area contributed by atoms with E-state index in [1.807, 2.05) is 86.5 Å². The van der Waals surface area contributed by atoms with Crippen LogP contribution in [0.25, 0.3) is 0 Å². The van der Waals surface area contributed by atoms with E-state index in [0.717, 1.165) is 23.0 Å². The number of aliphatic imine (C=N–C) groups is 1. The molecule has 0 heterocycles. The maximum absolute atomic E-state index is 5.85. The van der Waals surface area contributed by atoms with Crippen LogP contribution in [0.5, 0.6) is 11.5 Å². The van der Waals surface area contributed by atoms with E-state index in [4.69, 9.17) is 4.74 Å². The lowest BCUT2D eigenvalue weighted by molar-refractivity contribution is 0.477. The summed E-state index contributed by atoms with van der Waals surface area (Å²) >= 11 is 0. The Labute approximate surface area is 155 Å². The molecule has 2 aromatic rings. The van der Waals surface area contributed by atoms with Gasteiger partial charge in [0.2, 0.25) is 0 Å². The monoisotopic (exact) mass is 425 g/mol. The molecule has 0 fully saturated rings. The molecule has 0 radical (unpaired) electrons. The maximum atomic E-state index is 5.85. The average molecular weight is 425 g/mol. The second-order valence-corrected chi connectivity index (χ2v) is 5.47. The van der Waals surface area contributed by atoms with E-state index in [1.54, 1.807) is 0 Å². The van der Waals surface area contributed by atoms with Crippen LogP contribution in [0.3, 0.4) is 0 Å². The van der Waals surface area contributed by atoms with Crippen LogP contribution in [0.2, 0.25) is 0 Å². The summed E-state index contributed by atoms with van der Waals surface area (Å²) in [5.74, 6) is 2.61. The number of rotatable bonds is 4. The van der Waals surface area contributed by atoms with Gasteiger partial charge in [-0.05, 0) is 29.8 Å². The first kappa shape index (κ1) is 19.3. The van der Waals surface area contributed by atoms with E-state index in [-0.39, 0.29) is 24.0 Å². The van der Waals surface area contributed by atoms with Gasteiger partial charge in [-0.25, -0.2) is 4.99 Å². The number of benzene rings is 2. The third-order valence-electron chi connectivity index (χ3n) is 3.08. The summed E-state index contributed by atoms with van der Waals surface area (Å²) in [6, 6.07) is 17.8. The lowest BCUT2D eigenvalue weighted by atomic mass is 10.2. The van der Waals surface area contributed by atoms with Gasteiger partial charge in [0.1, 0.15) is 11.5 Å². The Hall–Kier alpha value is -1.76. The van der Waals surface area contributed by atoms with Gasteiger partial charge in [-0.15, -0.1) is 24.0 Å². The molecule has 5 heteroatoms. The molecule has 23 heavy (non-hydrogen) atoms. The topological polar surface area (TPSA) is 28.1 Å². The Kier molecular flexibility index (Phi) is 7.88. The van der Waals surface area contributed by atoms with Gasteiger partial charge in [-0.2, -0.15) is 0 Å². The molecule has 0 atom stereocenters. The first-order valence-electron chi connectivity index (χ1n) is 7.27. The van der Waals surface area contributed by atoms with E-state index in [1.165, 1.54) is 0 Å². The number of guanidine groups is 1. The van der Waals surface area contributed by atoms with Crippen LogP contribution in [0.4, 0.5) is 0 Å². The summed E-state index contributed by atoms with van der Waals surface area (Å²) < 4.78 is 5.85. The van der Waals surface area contributed by atoms with E-state index < -0.39 is 0 Å². The molecule has 124 valence electrons. The molecule has 0 aliphatic heterocycles. The van der Waals surface area contributed by atoms with Gasteiger partial charge in [-0.1, -0.05) is 30.3 Å². The molecular formula is C18H24IN3O. The van der Waals surface area contributed by atoms with Crippen molar-refractivity contribution < 1.29 is 4.74 Å². The summed E-state index contributed by atoms with van der Waals surface area (Å²) in [5.41, 5.74) is 1.12. The van der Waals surface area contributed by atoms with Gasteiger partial charge in [0.15, 0.2) is 5.96 Å². The molecule has 0 amide bonds. The van der Waals surface area contributed by atoms with Crippen molar-refractivity contribution in [2.24, 2.45) is 4.99 Å². The highest BCUT2D eigenvalue weighted by Gasteiger charge is 2.04. The van der Waals surface area contributed by atoms with Crippen molar-refractivity contribution in [3.8, 4) is 11.5 Å². The smallest absolute Gasteiger partial charge is 0.195 e. The Balaban J connectivity index is 0.00000264. The summed E-state index contributed by atoms with van der Waals surface area (Å²) in [6.45, 7) is 0.623. The third kappa shape index (κ3) is 6.09. The molecule has 0 spiro atoms. The lowest BCUT2D eigenvalue weighted by Gasteiger charge is -2.22. The summed E-state index contributed by atoms with van der Waals surface area (Å²) in [7, 11) is 7.98. The first-order valence-corrected chi connectivity index (χ1v) is 7.27. The minimum absolute atomic E-state index is 0. The van der Waals surface area contributed by atoms with Gasteiger partial charge < -0.3 is 14.5 Å². The van der Waals surface area contributed by atoms with Crippen molar-refractivity contribution in [2.45, 2.75) is 6.54 Å². The molecule has 0 aliphatic carbocycles. The molecule has 0 N–H and O–H groups in total. The molecule has 4 nitrogen and oxygen atoms in total. The number of nitrogens with zero attached hydrogens (tertiary/aromatic N) is 3.